The largest absolute Gasteiger partial charge is 0.446 e. The van der Waals surface area contributed by atoms with Crippen LogP contribution in [-0.2, 0) is 4.65 Å². The third-order valence-electron chi connectivity index (χ3n) is 0.272. The maximum Gasteiger partial charge on any atom is 0.282 e. The molecule has 0 bridgehead atoms. The molecule has 0 aromatic carbocycles. The van der Waals surface area contributed by atoms with Crippen molar-refractivity contribution in [3.63, 3.8) is 0 Å². The van der Waals surface area contributed by atoms with E-state index in [0.29, 0.717) is 0 Å². The normalized spacial score (nSPS) is 9.40. The molecule has 2 radical (unpaired) electrons. The Hall–Kier alpha value is 0.0249. The third kappa shape index (κ3) is 4.02. The van der Waals surface area contributed by atoms with Crippen LogP contribution in [0.1, 0.15) is 13.8 Å². The highest BCUT2D eigenvalue weighted by molar-refractivity contribution is 5.98. The van der Waals surface area contributed by atoms with E-state index in [1.807, 2.05) is 13.8 Å². The Morgan fingerprint density at radius 3 is 1.80 bits per heavy atom. The van der Waals surface area contributed by atoms with Crippen LogP contribution in [0.25, 0.3) is 0 Å². The fourth-order valence-corrected chi connectivity index (χ4v) is 0. The molecule has 0 atom stereocenters. The van der Waals surface area contributed by atoms with Gasteiger partial charge < -0.3 is 4.65 Å². The van der Waals surface area contributed by atoms with E-state index < -0.39 is 0 Å². The van der Waals surface area contributed by atoms with Crippen molar-refractivity contribution in [2.75, 3.05) is 0 Å². The van der Waals surface area contributed by atoms with Crippen LogP contribution >= 0.6 is 0 Å². The maximum atomic E-state index is 4.67. The zero-order chi connectivity index (χ0) is 4.28. The molecule has 1 nitrogen and oxygen atoms in total. The van der Waals surface area contributed by atoms with Crippen LogP contribution in [0, 0.1) is 0 Å². The second kappa shape index (κ2) is 2.27. The molecule has 0 rings (SSSR count). The quantitative estimate of drug-likeness (QED) is 0.408. The summed E-state index contributed by atoms with van der Waals surface area (Å²) in [5.74, 6) is 0. The molecule has 0 aliphatic rings. The Labute approximate surface area is 33.8 Å². The van der Waals surface area contributed by atoms with Crippen molar-refractivity contribution in [1.29, 1.82) is 0 Å². The number of rotatable bonds is 1. The predicted molar refractivity (Wildman–Crippen MR) is 22.0 cm³/mol. The van der Waals surface area contributed by atoms with Crippen molar-refractivity contribution in [2.24, 2.45) is 0 Å². The zero-order valence-electron chi connectivity index (χ0n) is 3.56. The summed E-state index contributed by atoms with van der Waals surface area (Å²) in [6.07, 6.45) is 0.162. The minimum Gasteiger partial charge on any atom is -0.446 e. The fourth-order valence-electron chi connectivity index (χ4n) is 0. The number of hydrogen-bond donors (Lipinski definition) is 0. The summed E-state index contributed by atoms with van der Waals surface area (Å²) in [7, 11) is 4.67. The van der Waals surface area contributed by atoms with Crippen LogP contribution in [0.3, 0.4) is 0 Å². The van der Waals surface area contributed by atoms with Crippen molar-refractivity contribution in [1.82, 2.24) is 0 Å². The average Bonchev–Trinajstić information content (AvgIpc) is 1.38. The van der Waals surface area contributed by atoms with Gasteiger partial charge >= 0.3 is 0 Å². The van der Waals surface area contributed by atoms with Gasteiger partial charge in [0.25, 0.3) is 8.05 Å². The lowest BCUT2D eigenvalue weighted by Gasteiger charge is -1.95. The monoisotopic (exact) mass is 70.1 g/mol. The fraction of sp³-hybridized carbons (Fsp3) is 1.00. The first-order chi connectivity index (χ1) is 2.27. The second-order valence-electron chi connectivity index (χ2n) is 1.18. The summed E-state index contributed by atoms with van der Waals surface area (Å²) in [5.41, 5.74) is 0. The highest BCUT2D eigenvalue weighted by Crippen LogP contribution is 1.76. The molecule has 0 aliphatic carbocycles. The van der Waals surface area contributed by atoms with E-state index >= 15 is 0 Å². The summed E-state index contributed by atoms with van der Waals surface area (Å²) in [4.78, 5) is 0. The molecule has 0 heterocycles. The van der Waals surface area contributed by atoms with Crippen LogP contribution in [0.15, 0.2) is 0 Å². The molecule has 28 valence electrons. The average molecular weight is 69.9 g/mol. The highest BCUT2D eigenvalue weighted by Gasteiger charge is 1.78. The Morgan fingerprint density at radius 2 is 1.80 bits per heavy atom. The lowest BCUT2D eigenvalue weighted by molar-refractivity contribution is 0.267. The van der Waals surface area contributed by atoms with Crippen molar-refractivity contribution >= 4 is 8.05 Å². The minimum absolute atomic E-state index is 0.162. The lowest BCUT2D eigenvalue weighted by atomic mass is 10.4. The van der Waals surface area contributed by atoms with Crippen LogP contribution in [0.4, 0.5) is 0 Å². The summed E-state index contributed by atoms with van der Waals surface area (Å²) < 4.78 is 4.25. The molecule has 0 aromatic heterocycles. The first-order valence-electron chi connectivity index (χ1n) is 1.63. The van der Waals surface area contributed by atoms with E-state index in [0.717, 1.165) is 0 Å². The van der Waals surface area contributed by atoms with E-state index in [-0.39, 0.29) is 6.10 Å². The molecule has 0 unspecified atom stereocenters. The SMILES string of the molecule is [B]OC(C)C. The molecule has 0 amide bonds. The Bertz CT molecular complexity index is 20.9. The molecule has 0 aliphatic heterocycles. The Morgan fingerprint density at radius 1 is 1.60 bits per heavy atom. The number of hydrogen-bond acceptors (Lipinski definition) is 1. The van der Waals surface area contributed by atoms with Gasteiger partial charge in [-0.3, -0.25) is 0 Å². The zero-order valence-corrected chi connectivity index (χ0v) is 3.56. The van der Waals surface area contributed by atoms with Crippen molar-refractivity contribution in [3.8, 4) is 0 Å². The molecule has 0 saturated heterocycles. The molecule has 0 fully saturated rings. The van der Waals surface area contributed by atoms with Crippen LogP contribution in [-0.4, -0.2) is 14.2 Å². The molecule has 5 heavy (non-hydrogen) atoms. The van der Waals surface area contributed by atoms with Gasteiger partial charge in [0.15, 0.2) is 0 Å². The van der Waals surface area contributed by atoms with E-state index in [9.17, 15) is 0 Å². The van der Waals surface area contributed by atoms with Crippen molar-refractivity contribution in [2.45, 2.75) is 20.0 Å². The van der Waals surface area contributed by atoms with Gasteiger partial charge in [-0.05, 0) is 13.8 Å². The maximum absolute atomic E-state index is 4.67. The minimum atomic E-state index is 0.162. The van der Waals surface area contributed by atoms with Crippen LogP contribution in [0.5, 0.6) is 0 Å². The van der Waals surface area contributed by atoms with Gasteiger partial charge in [-0.1, -0.05) is 0 Å². The molecule has 2 heteroatoms. The van der Waals surface area contributed by atoms with Crippen molar-refractivity contribution in [3.05, 3.63) is 0 Å². The predicted octanol–water partition coefficient (Wildman–Crippen LogP) is 0.495. The van der Waals surface area contributed by atoms with Crippen LogP contribution < -0.4 is 0 Å². The molecular formula is C3H7BO. The van der Waals surface area contributed by atoms with E-state index in [1.54, 1.807) is 0 Å². The van der Waals surface area contributed by atoms with Gasteiger partial charge in [0.2, 0.25) is 0 Å². The third-order valence-corrected chi connectivity index (χ3v) is 0.272. The van der Waals surface area contributed by atoms with E-state index in [1.165, 1.54) is 0 Å². The van der Waals surface area contributed by atoms with E-state index in [2.05, 4.69) is 12.7 Å². The molecular weight excluding hydrogens is 62.8 g/mol. The lowest BCUT2D eigenvalue weighted by Crippen LogP contribution is -1.95. The van der Waals surface area contributed by atoms with Gasteiger partial charge in [0.05, 0.1) is 0 Å². The molecule has 0 spiro atoms. The molecule has 0 saturated carbocycles. The van der Waals surface area contributed by atoms with E-state index in [4.69, 9.17) is 0 Å². The van der Waals surface area contributed by atoms with Crippen LogP contribution in [0.2, 0.25) is 0 Å². The summed E-state index contributed by atoms with van der Waals surface area (Å²) in [6, 6.07) is 0. The molecule has 0 aromatic rings. The van der Waals surface area contributed by atoms with Gasteiger partial charge in [-0.15, -0.1) is 0 Å². The first-order valence-corrected chi connectivity index (χ1v) is 1.63. The summed E-state index contributed by atoms with van der Waals surface area (Å²) >= 11 is 0. The van der Waals surface area contributed by atoms with Gasteiger partial charge in [-0.2, -0.15) is 0 Å². The Kier molecular flexibility index (Phi) is 2.28. The summed E-state index contributed by atoms with van der Waals surface area (Å²) in [5, 5.41) is 0. The van der Waals surface area contributed by atoms with Gasteiger partial charge in [-0.25, -0.2) is 0 Å². The highest BCUT2D eigenvalue weighted by atomic mass is 16.4. The van der Waals surface area contributed by atoms with Gasteiger partial charge in [0, 0.05) is 6.10 Å². The smallest absolute Gasteiger partial charge is 0.282 e. The first kappa shape index (κ1) is 5.02. The Balaban J connectivity index is 2.54. The summed E-state index contributed by atoms with van der Waals surface area (Å²) in [6.45, 7) is 3.75. The molecule has 0 N–H and O–H groups in total. The van der Waals surface area contributed by atoms with Gasteiger partial charge in [0.1, 0.15) is 0 Å². The topological polar surface area (TPSA) is 9.23 Å². The standard InChI is InChI=1S/C3H7BO/c1-3(2)5-4/h3H,1-2H3. The second-order valence-corrected chi connectivity index (χ2v) is 1.18. The van der Waals surface area contributed by atoms with Crippen molar-refractivity contribution < 1.29 is 4.65 Å².